The first-order valence-electron chi connectivity index (χ1n) is 7.18. The van der Waals surface area contributed by atoms with Crippen LogP contribution in [0.4, 0.5) is 5.69 Å². The topological polar surface area (TPSA) is 69.0 Å². The molecule has 0 atom stereocenters. The van der Waals surface area contributed by atoms with Crippen LogP contribution in [0.5, 0.6) is 5.75 Å². The normalized spacial score (nSPS) is 10.5. The highest BCUT2D eigenvalue weighted by atomic mass is 35.5. The second-order valence-corrected chi connectivity index (χ2v) is 5.54. The molecule has 0 fully saturated rings. The van der Waals surface area contributed by atoms with Gasteiger partial charge in [0.15, 0.2) is 0 Å². The zero-order chi connectivity index (χ0) is 17.1. The van der Waals surface area contributed by atoms with E-state index in [1.54, 1.807) is 47.6 Å². The monoisotopic (exact) mass is 342 g/mol. The molecule has 24 heavy (non-hydrogen) atoms. The third-order valence-electron chi connectivity index (χ3n) is 3.51. The number of benzene rings is 1. The average Bonchev–Trinajstić information content (AvgIpc) is 3.12. The van der Waals surface area contributed by atoms with Gasteiger partial charge >= 0.3 is 0 Å². The second kappa shape index (κ2) is 6.72. The Balaban J connectivity index is 1.81. The number of carbonyl (C=O) groups is 1. The molecule has 1 N–H and O–H groups in total. The van der Waals surface area contributed by atoms with Crippen LogP contribution in [0.25, 0.3) is 5.82 Å². The van der Waals surface area contributed by atoms with Crippen LogP contribution in [0, 0.1) is 6.92 Å². The van der Waals surface area contributed by atoms with Gasteiger partial charge in [-0.1, -0.05) is 11.6 Å². The van der Waals surface area contributed by atoms with Gasteiger partial charge in [-0.25, -0.2) is 9.97 Å². The molecule has 122 valence electrons. The number of ether oxygens (including phenoxy) is 1. The Morgan fingerprint density at radius 1 is 1.33 bits per heavy atom. The van der Waals surface area contributed by atoms with Crippen molar-refractivity contribution in [2.24, 2.45) is 0 Å². The van der Waals surface area contributed by atoms with Crippen molar-refractivity contribution in [2.75, 3.05) is 12.4 Å². The van der Waals surface area contributed by atoms with E-state index in [2.05, 4.69) is 15.3 Å². The molecule has 0 saturated carbocycles. The van der Waals surface area contributed by atoms with E-state index >= 15 is 0 Å². The van der Waals surface area contributed by atoms with Gasteiger partial charge in [-0.15, -0.1) is 0 Å². The van der Waals surface area contributed by atoms with Crippen molar-refractivity contribution in [1.29, 1.82) is 0 Å². The highest BCUT2D eigenvalue weighted by molar-refractivity contribution is 6.31. The number of amides is 1. The van der Waals surface area contributed by atoms with Crippen LogP contribution in [-0.4, -0.2) is 27.6 Å². The Bertz CT molecular complexity index is 861. The lowest BCUT2D eigenvalue weighted by atomic mass is 10.2. The van der Waals surface area contributed by atoms with Gasteiger partial charge in [0.2, 0.25) is 0 Å². The Morgan fingerprint density at radius 2 is 2.17 bits per heavy atom. The van der Waals surface area contributed by atoms with Crippen LogP contribution in [0.2, 0.25) is 5.02 Å². The lowest BCUT2D eigenvalue weighted by Gasteiger charge is -2.12. The minimum atomic E-state index is -0.278. The number of methoxy groups -OCH3 is 1. The molecule has 2 heterocycles. The molecule has 0 unspecified atom stereocenters. The number of hydrogen-bond donors (Lipinski definition) is 1. The van der Waals surface area contributed by atoms with Gasteiger partial charge in [-0.3, -0.25) is 9.36 Å². The first kappa shape index (κ1) is 16.0. The molecule has 3 aromatic rings. The second-order valence-electron chi connectivity index (χ2n) is 5.13. The number of nitrogens with zero attached hydrogens (tertiary/aromatic N) is 3. The molecule has 6 nitrogen and oxygen atoms in total. The number of carbonyl (C=O) groups excluding carboxylic acids is 1. The van der Waals surface area contributed by atoms with Crippen LogP contribution in [0.15, 0.2) is 49.2 Å². The summed E-state index contributed by atoms with van der Waals surface area (Å²) in [6, 6.07) is 6.90. The van der Waals surface area contributed by atoms with Crippen molar-refractivity contribution >= 4 is 23.2 Å². The molecule has 7 heteroatoms. The van der Waals surface area contributed by atoms with Gasteiger partial charge < -0.3 is 10.1 Å². The fourth-order valence-electron chi connectivity index (χ4n) is 2.19. The Hall–Kier alpha value is -2.86. The highest BCUT2D eigenvalue weighted by Crippen LogP contribution is 2.31. The maximum Gasteiger partial charge on any atom is 0.257 e. The van der Waals surface area contributed by atoms with E-state index in [-0.39, 0.29) is 5.91 Å². The van der Waals surface area contributed by atoms with E-state index in [0.717, 1.165) is 5.56 Å². The molecule has 1 amide bonds. The number of aromatic nitrogens is 3. The number of rotatable bonds is 4. The summed E-state index contributed by atoms with van der Waals surface area (Å²) in [5, 5.41) is 3.40. The molecule has 0 aliphatic carbocycles. The third kappa shape index (κ3) is 3.23. The number of anilines is 1. The van der Waals surface area contributed by atoms with E-state index in [0.29, 0.717) is 27.8 Å². The van der Waals surface area contributed by atoms with Gasteiger partial charge in [0.1, 0.15) is 17.9 Å². The molecule has 0 radical (unpaired) electrons. The minimum absolute atomic E-state index is 0.278. The fourth-order valence-corrected chi connectivity index (χ4v) is 2.35. The summed E-state index contributed by atoms with van der Waals surface area (Å²) >= 11 is 6.07. The predicted molar refractivity (Wildman–Crippen MR) is 92.1 cm³/mol. The van der Waals surface area contributed by atoms with Crippen molar-refractivity contribution < 1.29 is 9.53 Å². The molecule has 0 bridgehead atoms. The van der Waals surface area contributed by atoms with E-state index < -0.39 is 0 Å². The Morgan fingerprint density at radius 3 is 2.79 bits per heavy atom. The quantitative estimate of drug-likeness (QED) is 0.788. The summed E-state index contributed by atoms with van der Waals surface area (Å²) in [6.07, 6.45) is 6.60. The zero-order valence-corrected chi connectivity index (χ0v) is 13.9. The van der Waals surface area contributed by atoms with Crippen LogP contribution < -0.4 is 10.1 Å². The maximum absolute atomic E-state index is 12.4. The lowest BCUT2D eigenvalue weighted by molar-refractivity contribution is 0.102. The van der Waals surface area contributed by atoms with Gasteiger partial charge in [-0.2, -0.15) is 0 Å². The fraction of sp³-hybridized carbons (Fsp3) is 0.118. The van der Waals surface area contributed by atoms with E-state index in [1.165, 1.54) is 13.3 Å². The summed E-state index contributed by atoms with van der Waals surface area (Å²) in [7, 11) is 1.53. The van der Waals surface area contributed by atoms with Crippen molar-refractivity contribution in [3.8, 4) is 11.6 Å². The van der Waals surface area contributed by atoms with Gasteiger partial charge in [0.25, 0.3) is 5.91 Å². The predicted octanol–water partition coefficient (Wildman–Crippen LogP) is 3.49. The molecule has 0 saturated heterocycles. The molecular weight excluding hydrogens is 328 g/mol. The SMILES string of the molecule is COc1cc(Cl)c(C)cc1NC(=O)c1ccc(-n2ccnc2)nc1. The Kier molecular flexibility index (Phi) is 4.48. The van der Waals surface area contributed by atoms with Crippen molar-refractivity contribution in [3.63, 3.8) is 0 Å². The molecule has 0 aliphatic heterocycles. The number of hydrogen-bond acceptors (Lipinski definition) is 4. The Labute approximate surface area is 144 Å². The van der Waals surface area contributed by atoms with Crippen molar-refractivity contribution in [2.45, 2.75) is 6.92 Å². The molecule has 0 spiro atoms. The number of aryl methyl sites for hydroxylation is 1. The van der Waals surface area contributed by atoms with Crippen molar-refractivity contribution in [3.05, 3.63) is 65.3 Å². The van der Waals surface area contributed by atoms with Gasteiger partial charge in [-0.05, 0) is 30.7 Å². The summed E-state index contributed by atoms with van der Waals surface area (Å²) in [5.74, 6) is 0.908. The van der Waals surface area contributed by atoms with Crippen LogP contribution in [0.3, 0.4) is 0 Å². The van der Waals surface area contributed by atoms with E-state index in [1.807, 2.05) is 6.92 Å². The number of nitrogens with one attached hydrogen (secondary N) is 1. The third-order valence-corrected chi connectivity index (χ3v) is 3.92. The zero-order valence-electron chi connectivity index (χ0n) is 13.2. The summed E-state index contributed by atoms with van der Waals surface area (Å²) in [6.45, 7) is 1.86. The molecule has 0 aliphatic rings. The number of halogens is 1. The summed E-state index contributed by atoms with van der Waals surface area (Å²) in [4.78, 5) is 20.7. The van der Waals surface area contributed by atoms with Crippen LogP contribution in [0.1, 0.15) is 15.9 Å². The molecular formula is C17H15ClN4O2. The van der Waals surface area contributed by atoms with Gasteiger partial charge in [0.05, 0.1) is 18.4 Å². The largest absolute Gasteiger partial charge is 0.495 e. The smallest absolute Gasteiger partial charge is 0.257 e. The first-order valence-corrected chi connectivity index (χ1v) is 7.56. The van der Waals surface area contributed by atoms with E-state index in [4.69, 9.17) is 16.3 Å². The summed E-state index contributed by atoms with van der Waals surface area (Å²) in [5.41, 5.74) is 1.85. The molecule has 1 aromatic carbocycles. The lowest BCUT2D eigenvalue weighted by Crippen LogP contribution is -2.13. The standard InChI is InChI=1S/C17H15ClN4O2/c1-11-7-14(15(24-2)8-13(11)18)21-17(23)12-3-4-16(20-9-12)22-6-5-19-10-22/h3-10H,1-2H3,(H,21,23). The first-order chi connectivity index (χ1) is 11.6. The minimum Gasteiger partial charge on any atom is -0.495 e. The number of imidazole rings is 1. The highest BCUT2D eigenvalue weighted by Gasteiger charge is 2.12. The molecule has 3 rings (SSSR count). The summed E-state index contributed by atoms with van der Waals surface area (Å²) < 4.78 is 7.02. The maximum atomic E-state index is 12.4. The number of pyridine rings is 1. The van der Waals surface area contributed by atoms with Crippen molar-refractivity contribution in [1.82, 2.24) is 14.5 Å². The van der Waals surface area contributed by atoms with Crippen LogP contribution >= 0.6 is 11.6 Å². The average molecular weight is 343 g/mol. The van der Waals surface area contributed by atoms with Crippen LogP contribution in [-0.2, 0) is 0 Å². The van der Waals surface area contributed by atoms with Gasteiger partial charge in [0, 0.05) is 29.7 Å². The van der Waals surface area contributed by atoms with E-state index in [9.17, 15) is 4.79 Å². The molecule has 2 aromatic heterocycles.